The minimum Gasteiger partial charge on any atom is -0.381 e. The molecule has 1 aromatic rings. The van der Waals surface area contributed by atoms with E-state index in [4.69, 9.17) is 16.3 Å². The average Bonchev–Trinajstić information content (AvgIpc) is 2.76. The molecule has 4 heteroatoms. The molecule has 0 aliphatic carbocycles. The summed E-state index contributed by atoms with van der Waals surface area (Å²) < 4.78 is 7.40. The highest BCUT2D eigenvalue weighted by molar-refractivity contribution is 6.16. The predicted molar refractivity (Wildman–Crippen MR) is 50.7 cm³/mol. The van der Waals surface area contributed by atoms with Crippen LogP contribution in [-0.4, -0.2) is 22.8 Å². The molecule has 1 fully saturated rings. The summed E-state index contributed by atoms with van der Waals surface area (Å²) in [5.74, 6) is 1.14. The molecule has 2 heterocycles. The maximum atomic E-state index is 5.66. The molecule has 1 aliphatic heterocycles. The lowest BCUT2D eigenvalue weighted by Crippen LogP contribution is -2.08. The molecule has 0 aromatic carbocycles. The van der Waals surface area contributed by atoms with Crippen LogP contribution in [-0.2, 0) is 17.2 Å². The average molecular weight is 201 g/mol. The Morgan fingerprint density at radius 1 is 1.69 bits per heavy atom. The fourth-order valence-corrected chi connectivity index (χ4v) is 1.74. The summed E-state index contributed by atoms with van der Waals surface area (Å²) in [7, 11) is 0. The number of aromatic nitrogens is 2. The first-order valence-corrected chi connectivity index (χ1v) is 5.06. The summed E-state index contributed by atoms with van der Waals surface area (Å²) in [6.45, 7) is 2.79. The van der Waals surface area contributed by atoms with Crippen molar-refractivity contribution < 1.29 is 4.74 Å². The van der Waals surface area contributed by atoms with E-state index in [1.54, 1.807) is 0 Å². The molecule has 0 amide bonds. The molecule has 0 spiro atoms. The molecule has 72 valence electrons. The standard InChI is InChI=1S/C9H13ClN2O/c10-3-9-5-12(7-11-9)4-8-1-2-13-6-8/h5,7-8H,1-4,6H2. The minimum absolute atomic E-state index is 0.494. The van der Waals surface area contributed by atoms with Crippen LogP contribution >= 0.6 is 11.6 Å². The van der Waals surface area contributed by atoms with Crippen LogP contribution in [0.15, 0.2) is 12.5 Å². The summed E-state index contributed by atoms with van der Waals surface area (Å²) >= 11 is 5.66. The van der Waals surface area contributed by atoms with E-state index in [1.807, 2.05) is 12.5 Å². The normalized spacial score (nSPS) is 22.4. The number of hydrogen-bond donors (Lipinski definition) is 0. The Hall–Kier alpha value is -0.540. The van der Waals surface area contributed by atoms with E-state index in [0.717, 1.165) is 31.9 Å². The van der Waals surface area contributed by atoms with Crippen molar-refractivity contribution in [3.05, 3.63) is 18.2 Å². The highest BCUT2D eigenvalue weighted by Crippen LogP contribution is 2.14. The molecular weight excluding hydrogens is 188 g/mol. The van der Waals surface area contributed by atoms with Gasteiger partial charge in [0.15, 0.2) is 0 Å². The van der Waals surface area contributed by atoms with Crippen LogP contribution in [0.5, 0.6) is 0 Å². The molecule has 0 N–H and O–H groups in total. The van der Waals surface area contributed by atoms with Crippen LogP contribution in [0.4, 0.5) is 0 Å². The molecule has 2 rings (SSSR count). The Morgan fingerprint density at radius 2 is 2.62 bits per heavy atom. The van der Waals surface area contributed by atoms with Crippen LogP contribution in [0.3, 0.4) is 0 Å². The van der Waals surface area contributed by atoms with E-state index in [9.17, 15) is 0 Å². The predicted octanol–water partition coefficient (Wildman–Crippen LogP) is 1.66. The van der Waals surface area contributed by atoms with E-state index in [1.165, 1.54) is 0 Å². The van der Waals surface area contributed by atoms with E-state index >= 15 is 0 Å². The fraction of sp³-hybridized carbons (Fsp3) is 0.667. The third-order valence-electron chi connectivity index (χ3n) is 2.32. The first-order valence-electron chi connectivity index (χ1n) is 4.53. The molecule has 1 atom stereocenters. The number of alkyl halides is 1. The van der Waals surface area contributed by atoms with Crippen LogP contribution in [0.2, 0.25) is 0 Å². The van der Waals surface area contributed by atoms with E-state index in [2.05, 4.69) is 9.55 Å². The van der Waals surface area contributed by atoms with Gasteiger partial charge in [0.05, 0.1) is 24.5 Å². The Labute approximate surface area is 82.7 Å². The van der Waals surface area contributed by atoms with Crippen molar-refractivity contribution in [2.75, 3.05) is 13.2 Å². The summed E-state index contributed by atoms with van der Waals surface area (Å²) in [6.07, 6.45) is 5.01. The van der Waals surface area contributed by atoms with Gasteiger partial charge in [0.2, 0.25) is 0 Å². The molecule has 0 radical (unpaired) electrons. The maximum Gasteiger partial charge on any atom is 0.0950 e. The lowest BCUT2D eigenvalue weighted by Gasteiger charge is -2.06. The zero-order valence-electron chi connectivity index (χ0n) is 7.45. The van der Waals surface area contributed by atoms with Gasteiger partial charge in [0, 0.05) is 25.3 Å². The van der Waals surface area contributed by atoms with Crippen molar-refractivity contribution in [1.29, 1.82) is 0 Å². The SMILES string of the molecule is ClCc1cn(CC2CCOC2)cn1. The van der Waals surface area contributed by atoms with Gasteiger partial charge in [0.1, 0.15) is 0 Å². The van der Waals surface area contributed by atoms with Crippen LogP contribution < -0.4 is 0 Å². The second-order valence-electron chi connectivity index (χ2n) is 3.43. The Bertz CT molecular complexity index is 268. The number of rotatable bonds is 3. The van der Waals surface area contributed by atoms with Gasteiger partial charge in [0.25, 0.3) is 0 Å². The second-order valence-corrected chi connectivity index (χ2v) is 3.69. The minimum atomic E-state index is 0.494. The molecule has 13 heavy (non-hydrogen) atoms. The second kappa shape index (κ2) is 4.11. The Morgan fingerprint density at radius 3 is 3.23 bits per heavy atom. The van der Waals surface area contributed by atoms with Crippen molar-refractivity contribution in [2.24, 2.45) is 5.92 Å². The molecule has 1 aromatic heterocycles. The maximum absolute atomic E-state index is 5.66. The van der Waals surface area contributed by atoms with Gasteiger partial charge in [-0.25, -0.2) is 4.98 Å². The number of imidazole rings is 1. The van der Waals surface area contributed by atoms with E-state index in [-0.39, 0.29) is 0 Å². The number of nitrogens with zero attached hydrogens (tertiary/aromatic N) is 2. The van der Waals surface area contributed by atoms with Gasteiger partial charge in [-0.1, -0.05) is 0 Å². The quantitative estimate of drug-likeness (QED) is 0.694. The molecule has 0 bridgehead atoms. The molecule has 1 saturated heterocycles. The molecule has 3 nitrogen and oxygen atoms in total. The first kappa shape index (κ1) is 9.03. The molecule has 1 aliphatic rings. The topological polar surface area (TPSA) is 27.1 Å². The monoisotopic (exact) mass is 200 g/mol. The van der Waals surface area contributed by atoms with Crippen molar-refractivity contribution in [3.8, 4) is 0 Å². The van der Waals surface area contributed by atoms with E-state index in [0.29, 0.717) is 11.8 Å². The highest BCUT2D eigenvalue weighted by Gasteiger charge is 2.15. The Balaban J connectivity index is 1.92. The van der Waals surface area contributed by atoms with Crippen molar-refractivity contribution in [3.63, 3.8) is 0 Å². The number of halogens is 1. The van der Waals surface area contributed by atoms with Crippen molar-refractivity contribution in [2.45, 2.75) is 18.8 Å². The van der Waals surface area contributed by atoms with E-state index < -0.39 is 0 Å². The third kappa shape index (κ3) is 2.23. The van der Waals surface area contributed by atoms with Crippen LogP contribution in [0.1, 0.15) is 12.1 Å². The zero-order chi connectivity index (χ0) is 9.10. The number of hydrogen-bond acceptors (Lipinski definition) is 2. The largest absolute Gasteiger partial charge is 0.381 e. The molecule has 0 saturated carbocycles. The summed E-state index contributed by atoms with van der Waals surface area (Å²) in [5, 5.41) is 0. The van der Waals surface area contributed by atoms with Gasteiger partial charge >= 0.3 is 0 Å². The Kier molecular flexibility index (Phi) is 2.86. The lowest BCUT2D eigenvalue weighted by atomic mass is 10.1. The van der Waals surface area contributed by atoms with Gasteiger partial charge < -0.3 is 9.30 Å². The molecular formula is C9H13ClN2O. The highest BCUT2D eigenvalue weighted by atomic mass is 35.5. The van der Waals surface area contributed by atoms with Gasteiger partial charge in [-0.05, 0) is 6.42 Å². The summed E-state index contributed by atoms with van der Waals surface area (Å²) in [4.78, 5) is 4.17. The van der Waals surface area contributed by atoms with Gasteiger partial charge in [-0.15, -0.1) is 11.6 Å². The van der Waals surface area contributed by atoms with Gasteiger partial charge in [-0.2, -0.15) is 0 Å². The zero-order valence-corrected chi connectivity index (χ0v) is 8.20. The van der Waals surface area contributed by atoms with Gasteiger partial charge in [-0.3, -0.25) is 0 Å². The van der Waals surface area contributed by atoms with Crippen molar-refractivity contribution in [1.82, 2.24) is 9.55 Å². The molecule has 1 unspecified atom stereocenters. The van der Waals surface area contributed by atoms with Crippen LogP contribution in [0, 0.1) is 5.92 Å². The summed E-state index contributed by atoms with van der Waals surface area (Å²) in [6, 6.07) is 0. The smallest absolute Gasteiger partial charge is 0.0950 e. The fourth-order valence-electron chi connectivity index (χ4n) is 1.60. The lowest BCUT2D eigenvalue weighted by molar-refractivity contribution is 0.182. The first-order chi connectivity index (χ1) is 6.38. The van der Waals surface area contributed by atoms with Crippen molar-refractivity contribution >= 4 is 11.6 Å². The third-order valence-corrected chi connectivity index (χ3v) is 2.59. The van der Waals surface area contributed by atoms with Crippen LogP contribution in [0.25, 0.3) is 0 Å². The number of ether oxygens (including phenoxy) is 1. The summed E-state index contributed by atoms with van der Waals surface area (Å²) in [5.41, 5.74) is 0.945.